The first kappa shape index (κ1) is 13.1. The number of hydrogen-bond acceptors (Lipinski definition) is 6. The van der Waals surface area contributed by atoms with E-state index in [-0.39, 0.29) is 5.54 Å². The van der Waals surface area contributed by atoms with Gasteiger partial charge in [-0.15, -0.1) is 0 Å². The summed E-state index contributed by atoms with van der Waals surface area (Å²) in [7, 11) is 0. The average Bonchev–Trinajstić information content (AvgIpc) is 3.29. The summed E-state index contributed by atoms with van der Waals surface area (Å²) in [5.74, 6) is 1.20. The molecule has 0 unspecified atom stereocenters. The number of hydrogen-bond donors (Lipinski definition) is 1. The Morgan fingerprint density at radius 2 is 1.95 bits per heavy atom. The Bertz CT molecular complexity index is 731. The van der Waals surface area contributed by atoms with Crippen molar-refractivity contribution >= 4 is 0 Å². The lowest BCUT2D eigenvalue weighted by Crippen LogP contribution is -2.45. The van der Waals surface area contributed by atoms with Gasteiger partial charge in [-0.3, -0.25) is 9.67 Å². The highest BCUT2D eigenvalue weighted by molar-refractivity contribution is 5.52. The van der Waals surface area contributed by atoms with E-state index in [9.17, 15) is 0 Å². The molecular formula is C15H16N6O. The van der Waals surface area contributed by atoms with Gasteiger partial charge in [0.1, 0.15) is 5.54 Å². The number of rotatable bonds is 3. The van der Waals surface area contributed by atoms with Crippen LogP contribution in [0, 0.1) is 0 Å². The van der Waals surface area contributed by atoms with Crippen LogP contribution in [0.2, 0.25) is 0 Å². The minimum Gasteiger partial charge on any atom is -0.336 e. The second kappa shape index (κ2) is 5.34. The number of aromatic nitrogens is 5. The summed E-state index contributed by atoms with van der Waals surface area (Å²) in [6.45, 7) is 1.79. The predicted octanol–water partition coefficient (Wildman–Crippen LogP) is 1.46. The second-order valence-corrected chi connectivity index (χ2v) is 5.39. The first-order valence-corrected chi connectivity index (χ1v) is 7.34. The van der Waals surface area contributed by atoms with Gasteiger partial charge in [-0.05, 0) is 44.1 Å². The summed E-state index contributed by atoms with van der Waals surface area (Å²) < 4.78 is 7.56. The molecule has 0 bridgehead atoms. The molecule has 1 aliphatic rings. The molecule has 4 rings (SSSR count). The standard InChI is InChI=1S/C15H16N6O/c1-6-18-21(11-1)15(4-9-17-10-5-15)14-19-13(20-22-14)12-2-7-16-8-3-12/h1-3,6-8,11,17H,4-5,9-10H2. The van der Waals surface area contributed by atoms with Gasteiger partial charge in [-0.25, -0.2) is 0 Å². The fourth-order valence-corrected chi connectivity index (χ4v) is 2.93. The van der Waals surface area contributed by atoms with Crippen LogP contribution in [0.5, 0.6) is 0 Å². The van der Waals surface area contributed by atoms with Crippen LogP contribution in [0.15, 0.2) is 47.5 Å². The van der Waals surface area contributed by atoms with E-state index in [0.717, 1.165) is 31.5 Å². The third-order valence-electron chi connectivity index (χ3n) is 4.14. The summed E-state index contributed by atoms with van der Waals surface area (Å²) in [6.07, 6.45) is 8.92. The normalized spacial score (nSPS) is 17.5. The highest BCUT2D eigenvalue weighted by atomic mass is 16.5. The number of piperidine rings is 1. The smallest absolute Gasteiger partial charge is 0.255 e. The van der Waals surface area contributed by atoms with Gasteiger partial charge in [0.25, 0.3) is 5.89 Å². The maximum absolute atomic E-state index is 5.62. The van der Waals surface area contributed by atoms with Crippen molar-refractivity contribution in [2.24, 2.45) is 0 Å². The summed E-state index contributed by atoms with van der Waals surface area (Å²) in [6, 6.07) is 5.67. The molecule has 0 aliphatic carbocycles. The van der Waals surface area contributed by atoms with Crippen molar-refractivity contribution < 1.29 is 4.52 Å². The highest BCUT2D eigenvalue weighted by Crippen LogP contribution is 2.34. The van der Waals surface area contributed by atoms with Crippen LogP contribution in [-0.2, 0) is 5.54 Å². The van der Waals surface area contributed by atoms with Crippen molar-refractivity contribution in [1.29, 1.82) is 0 Å². The van der Waals surface area contributed by atoms with Gasteiger partial charge in [-0.2, -0.15) is 10.1 Å². The van der Waals surface area contributed by atoms with E-state index in [1.807, 2.05) is 29.1 Å². The molecule has 7 heteroatoms. The number of nitrogens with zero attached hydrogens (tertiary/aromatic N) is 5. The first-order chi connectivity index (χ1) is 10.9. The van der Waals surface area contributed by atoms with Gasteiger partial charge < -0.3 is 9.84 Å². The lowest BCUT2D eigenvalue weighted by Gasteiger charge is -2.34. The van der Waals surface area contributed by atoms with E-state index in [2.05, 4.69) is 25.5 Å². The molecule has 3 aromatic heterocycles. The molecule has 1 N–H and O–H groups in total. The molecule has 22 heavy (non-hydrogen) atoms. The van der Waals surface area contributed by atoms with E-state index in [1.54, 1.807) is 18.6 Å². The molecule has 7 nitrogen and oxygen atoms in total. The van der Waals surface area contributed by atoms with Crippen LogP contribution in [0.25, 0.3) is 11.4 Å². The molecule has 1 fully saturated rings. The molecule has 0 radical (unpaired) electrons. The van der Waals surface area contributed by atoms with Gasteiger partial charge in [-0.1, -0.05) is 5.16 Å². The Hall–Kier alpha value is -2.54. The Labute approximate surface area is 127 Å². The van der Waals surface area contributed by atoms with Crippen molar-refractivity contribution in [3.63, 3.8) is 0 Å². The monoisotopic (exact) mass is 296 g/mol. The predicted molar refractivity (Wildman–Crippen MR) is 78.9 cm³/mol. The van der Waals surface area contributed by atoms with E-state index in [0.29, 0.717) is 11.7 Å². The van der Waals surface area contributed by atoms with Gasteiger partial charge in [0.2, 0.25) is 5.82 Å². The topological polar surface area (TPSA) is 81.7 Å². The molecule has 1 aliphatic heterocycles. The number of nitrogens with one attached hydrogen (secondary N) is 1. The first-order valence-electron chi connectivity index (χ1n) is 7.34. The largest absolute Gasteiger partial charge is 0.336 e. The molecule has 0 saturated carbocycles. The van der Waals surface area contributed by atoms with Crippen LogP contribution in [-0.4, -0.2) is 38.0 Å². The molecule has 1 saturated heterocycles. The van der Waals surface area contributed by atoms with Gasteiger partial charge in [0, 0.05) is 30.4 Å². The summed E-state index contributed by atoms with van der Waals surface area (Å²) >= 11 is 0. The molecule has 0 atom stereocenters. The van der Waals surface area contributed by atoms with Crippen LogP contribution in [0.4, 0.5) is 0 Å². The molecule has 4 heterocycles. The van der Waals surface area contributed by atoms with Crippen molar-refractivity contribution in [2.75, 3.05) is 13.1 Å². The van der Waals surface area contributed by atoms with Crippen molar-refractivity contribution in [2.45, 2.75) is 18.4 Å². The zero-order chi connectivity index (χ0) is 14.8. The molecule has 0 amide bonds. The maximum Gasteiger partial charge on any atom is 0.255 e. The lowest BCUT2D eigenvalue weighted by atomic mass is 9.88. The Morgan fingerprint density at radius 3 is 2.68 bits per heavy atom. The van der Waals surface area contributed by atoms with Crippen LogP contribution in [0.3, 0.4) is 0 Å². The fraction of sp³-hybridized carbons (Fsp3) is 0.333. The summed E-state index contributed by atoms with van der Waals surface area (Å²) in [5, 5.41) is 11.9. The van der Waals surface area contributed by atoms with E-state index in [4.69, 9.17) is 4.52 Å². The van der Waals surface area contributed by atoms with Crippen LogP contribution >= 0.6 is 0 Å². The Kier molecular flexibility index (Phi) is 3.19. The quantitative estimate of drug-likeness (QED) is 0.788. The van der Waals surface area contributed by atoms with Gasteiger partial charge in [0.05, 0.1) is 0 Å². The van der Waals surface area contributed by atoms with E-state index in [1.165, 1.54) is 0 Å². The second-order valence-electron chi connectivity index (χ2n) is 5.39. The van der Waals surface area contributed by atoms with E-state index >= 15 is 0 Å². The van der Waals surface area contributed by atoms with Crippen molar-refractivity contribution in [3.8, 4) is 11.4 Å². The average molecular weight is 296 g/mol. The third-order valence-corrected chi connectivity index (χ3v) is 4.14. The minimum atomic E-state index is -0.368. The number of pyridine rings is 1. The minimum absolute atomic E-state index is 0.368. The summed E-state index contributed by atoms with van der Waals surface area (Å²) in [4.78, 5) is 8.65. The van der Waals surface area contributed by atoms with Crippen molar-refractivity contribution in [3.05, 3.63) is 48.9 Å². The van der Waals surface area contributed by atoms with Crippen LogP contribution in [0.1, 0.15) is 18.7 Å². The molecular weight excluding hydrogens is 280 g/mol. The molecule has 0 spiro atoms. The van der Waals surface area contributed by atoms with E-state index < -0.39 is 0 Å². The molecule has 0 aromatic carbocycles. The molecule has 3 aromatic rings. The van der Waals surface area contributed by atoms with Gasteiger partial charge in [0.15, 0.2) is 0 Å². The van der Waals surface area contributed by atoms with Gasteiger partial charge >= 0.3 is 0 Å². The zero-order valence-corrected chi connectivity index (χ0v) is 12.0. The third kappa shape index (κ3) is 2.10. The maximum atomic E-state index is 5.62. The van der Waals surface area contributed by atoms with Crippen LogP contribution < -0.4 is 5.32 Å². The lowest BCUT2D eigenvalue weighted by molar-refractivity contribution is 0.172. The fourth-order valence-electron chi connectivity index (χ4n) is 2.93. The Morgan fingerprint density at radius 1 is 1.14 bits per heavy atom. The molecule has 112 valence electrons. The summed E-state index contributed by atoms with van der Waals surface area (Å²) in [5.41, 5.74) is 0.530. The zero-order valence-electron chi connectivity index (χ0n) is 12.0. The van der Waals surface area contributed by atoms with Crippen molar-refractivity contribution in [1.82, 2.24) is 30.2 Å². The SMILES string of the molecule is c1cnn(C2(c3nc(-c4ccncc4)no3)CCNCC2)c1. The Balaban J connectivity index is 1.76. The highest BCUT2D eigenvalue weighted by Gasteiger charge is 2.41.